The van der Waals surface area contributed by atoms with Crippen molar-refractivity contribution >= 4 is 39.5 Å². The van der Waals surface area contributed by atoms with Crippen LogP contribution in [-0.2, 0) is 65.4 Å². The first-order chi connectivity index (χ1) is 51.7. The maximum atomic E-state index is 13.1. The lowest BCUT2D eigenvalue weighted by Gasteiger charge is -2.21. The van der Waals surface area contributed by atoms with Crippen molar-refractivity contribution in [2.75, 3.05) is 39.6 Å². The normalized spacial score (nSPS) is 14.9. The molecule has 17 nitrogen and oxygen atoms in total. The van der Waals surface area contributed by atoms with Crippen LogP contribution in [0.25, 0.3) is 0 Å². The molecule has 0 radical (unpaired) electrons. The van der Waals surface area contributed by atoms with Crippen molar-refractivity contribution in [1.29, 1.82) is 0 Å². The second-order valence-electron chi connectivity index (χ2n) is 25.5. The van der Waals surface area contributed by atoms with Gasteiger partial charge in [0.2, 0.25) is 0 Å². The summed E-state index contributed by atoms with van der Waals surface area (Å²) >= 11 is 0. The van der Waals surface area contributed by atoms with Gasteiger partial charge in [-0.3, -0.25) is 37.3 Å². The van der Waals surface area contributed by atoms with Crippen LogP contribution in [0.2, 0.25) is 0 Å². The van der Waals surface area contributed by atoms with E-state index in [0.29, 0.717) is 38.5 Å². The molecule has 0 bridgehead atoms. The highest BCUT2D eigenvalue weighted by atomic mass is 31.2. The third-order valence-corrected chi connectivity index (χ3v) is 17.4. The first kappa shape index (κ1) is 99.9. The molecule has 0 aliphatic heterocycles. The summed E-state index contributed by atoms with van der Waals surface area (Å²) in [4.78, 5) is 73.0. The average molecular weight is 1520 g/mol. The lowest BCUT2D eigenvalue weighted by molar-refractivity contribution is -0.161. The number of aliphatic hydroxyl groups excluding tert-OH is 1. The Morgan fingerprint density at radius 1 is 0.274 bits per heavy atom. The number of aliphatic hydroxyl groups is 1. The summed E-state index contributed by atoms with van der Waals surface area (Å²) < 4.78 is 68.4. The van der Waals surface area contributed by atoms with Crippen LogP contribution in [0.5, 0.6) is 0 Å². The Labute approximate surface area is 640 Å². The van der Waals surface area contributed by atoms with Crippen molar-refractivity contribution in [2.24, 2.45) is 0 Å². The van der Waals surface area contributed by atoms with Gasteiger partial charge in [0.25, 0.3) is 0 Å². The summed E-state index contributed by atoms with van der Waals surface area (Å²) in [5.41, 5.74) is 0. The molecule has 3 N–H and O–H groups in total. The Morgan fingerprint density at radius 3 is 0.821 bits per heavy atom. The van der Waals surface area contributed by atoms with E-state index in [-0.39, 0.29) is 25.7 Å². The summed E-state index contributed by atoms with van der Waals surface area (Å²) in [6.45, 7) is 4.31. The highest BCUT2D eigenvalue weighted by Gasteiger charge is 2.30. The van der Waals surface area contributed by atoms with Crippen molar-refractivity contribution in [2.45, 2.75) is 290 Å². The fourth-order valence-corrected chi connectivity index (χ4v) is 11.2. The number of unbranched alkanes of at least 4 members (excludes halogenated alkanes) is 14. The molecule has 0 saturated carbocycles. The van der Waals surface area contributed by atoms with Crippen molar-refractivity contribution < 1.29 is 80.2 Å². The molecule has 5 unspecified atom stereocenters. The highest BCUT2D eigenvalue weighted by Crippen LogP contribution is 2.45. The standard InChI is InChI=1S/C87H138O17P2/c1-5-9-13-17-21-25-29-33-36-39-40-43-45-49-52-56-60-64-68-72-85(90)97-77-82(103-86(91)73-69-65-61-57-53-47-32-28-24-20-16-12-8-4)79-101-105(93,94)99-75-81(88)76-100-106(95,96)102-80-83(104-87(92)74-70-66-62-58-54-50-46-42-38-35-31-27-23-19-15-11-7-3)78-98-84(89)71-67-63-59-55-51-48-44-41-37-34-30-26-22-18-14-10-6-2/h9-11,13-15,21-23,25-28,32-38,40,43-44,46,48-50,52,55,58-59,62,81-83,88H,5-8,12,16-20,24,29-31,39,41-42,45,47,51,53-54,56-57,60-61,63-80H2,1-4H3,(H,93,94)(H,95,96)/b13-9-,14-10-,15-11-,25-21-,26-22-,27-23-,32-28-,36-33-,37-34-,38-35-,43-40-,48-44-,50-46-,52-49-,59-55-,62-58-. The zero-order chi connectivity index (χ0) is 77.4. The molecule has 0 aromatic carbocycles. The van der Waals surface area contributed by atoms with E-state index in [9.17, 15) is 43.2 Å². The van der Waals surface area contributed by atoms with Crippen molar-refractivity contribution in [3.8, 4) is 0 Å². The minimum atomic E-state index is -5.02. The molecule has 106 heavy (non-hydrogen) atoms. The van der Waals surface area contributed by atoms with Gasteiger partial charge in [-0.2, -0.15) is 0 Å². The van der Waals surface area contributed by atoms with Crippen LogP contribution in [0.4, 0.5) is 0 Å². The van der Waals surface area contributed by atoms with Crippen LogP contribution in [-0.4, -0.2) is 96.7 Å². The minimum Gasteiger partial charge on any atom is -0.462 e. The van der Waals surface area contributed by atoms with Crippen LogP contribution >= 0.6 is 15.6 Å². The van der Waals surface area contributed by atoms with Gasteiger partial charge in [0.05, 0.1) is 26.4 Å². The summed E-state index contributed by atoms with van der Waals surface area (Å²) in [6, 6.07) is 0. The van der Waals surface area contributed by atoms with Crippen LogP contribution in [0.15, 0.2) is 194 Å². The largest absolute Gasteiger partial charge is 0.472 e. The number of hydrogen-bond donors (Lipinski definition) is 3. The number of phosphoric acid groups is 2. The van der Waals surface area contributed by atoms with E-state index >= 15 is 0 Å². The molecule has 0 aromatic heterocycles. The van der Waals surface area contributed by atoms with Gasteiger partial charge in [-0.05, 0) is 173 Å². The number of carbonyl (C=O) groups is 4. The minimum absolute atomic E-state index is 0.00439. The number of hydrogen-bond acceptors (Lipinski definition) is 15. The second-order valence-corrected chi connectivity index (χ2v) is 28.4. The van der Waals surface area contributed by atoms with Crippen LogP contribution in [0.3, 0.4) is 0 Å². The Balaban J connectivity index is 5.52. The smallest absolute Gasteiger partial charge is 0.462 e. The predicted octanol–water partition coefficient (Wildman–Crippen LogP) is 23.3. The quantitative estimate of drug-likeness (QED) is 0.0169. The number of ether oxygens (including phenoxy) is 4. The number of allylic oxidation sites excluding steroid dienone is 32. The average Bonchev–Trinajstić information content (AvgIpc) is 0.900. The van der Waals surface area contributed by atoms with Gasteiger partial charge in [-0.15, -0.1) is 0 Å². The number of phosphoric ester groups is 2. The fraction of sp³-hybridized carbons (Fsp3) is 0.586. The molecule has 0 spiro atoms. The first-order valence-corrected chi connectivity index (χ1v) is 42.7. The van der Waals surface area contributed by atoms with Gasteiger partial charge in [-0.1, -0.05) is 267 Å². The van der Waals surface area contributed by atoms with Gasteiger partial charge in [-0.25, -0.2) is 9.13 Å². The van der Waals surface area contributed by atoms with E-state index in [1.807, 2.05) is 24.3 Å². The molecule has 5 atom stereocenters. The zero-order valence-electron chi connectivity index (χ0n) is 65.3. The maximum absolute atomic E-state index is 13.1. The number of esters is 4. The van der Waals surface area contributed by atoms with Crippen molar-refractivity contribution in [3.05, 3.63) is 194 Å². The summed E-state index contributed by atoms with van der Waals surface area (Å²) in [6.07, 6.45) is 94.3. The predicted molar refractivity (Wildman–Crippen MR) is 436 cm³/mol. The monoisotopic (exact) mass is 1520 g/mol. The molecule has 598 valence electrons. The molecule has 0 aromatic rings. The Kier molecular flexibility index (Phi) is 72.6. The zero-order valence-corrected chi connectivity index (χ0v) is 67.1. The van der Waals surface area contributed by atoms with Crippen LogP contribution in [0, 0.1) is 0 Å². The van der Waals surface area contributed by atoms with E-state index in [4.69, 9.17) is 37.0 Å². The molecule has 0 fully saturated rings. The molecule has 0 amide bonds. The third kappa shape index (κ3) is 76.1. The Hall–Kier alpha value is -6.10. The molecule has 0 aliphatic rings. The van der Waals surface area contributed by atoms with Gasteiger partial charge in [0.1, 0.15) is 19.3 Å². The van der Waals surface area contributed by atoms with Crippen molar-refractivity contribution in [1.82, 2.24) is 0 Å². The molecule has 0 aliphatic carbocycles. The summed E-state index contributed by atoms with van der Waals surface area (Å²) in [7, 11) is -10.0. The number of carbonyl (C=O) groups excluding carboxylic acids is 4. The van der Waals surface area contributed by atoms with Gasteiger partial charge in [0.15, 0.2) is 12.2 Å². The topological polar surface area (TPSA) is 237 Å². The lowest BCUT2D eigenvalue weighted by atomic mass is 10.1. The lowest BCUT2D eigenvalue weighted by Crippen LogP contribution is -2.30. The first-order valence-electron chi connectivity index (χ1n) is 39.7. The molecular weight excluding hydrogens is 1380 g/mol. The third-order valence-electron chi connectivity index (χ3n) is 15.5. The van der Waals surface area contributed by atoms with Crippen LogP contribution in [0.1, 0.15) is 272 Å². The maximum Gasteiger partial charge on any atom is 0.472 e. The SMILES string of the molecule is CC/C=C\C/C=C\C/C=C\C/C=C\C/C=C\CCCCCC(=O)OCC(COP(=O)(O)OCC(O)COP(=O)(O)OCC(COC(=O)CCC/C=C\C/C=C\C/C=C\C/C=C\C/C=C\CC)OC(=O)CCC/C=C\C/C=C\C/C=C\C/C=C\C/C=C\CC)OC(=O)CCCCCCC/C=C\CCCCCC. The summed E-state index contributed by atoms with van der Waals surface area (Å²) in [5, 5.41) is 10.6. The molecule has 0 saturated heterocycles. The highest BCUT2D eigenvalue weighted by molar-refractivity contribution is 7.47. The van der Waals surface area contributed by atoms with E-state index in [0.717, 1.165) is 154 Å². The second kappa shape index (κ2) is 77.1. The Bertz CT molecular complexity index is 2780. The molecular formula is C87H138O17P2. The number of rotatable bonds is 72. The van der Waals surface area contributed by atoms with Gasteiger partial charge < -0.3 is 33.8 Å². The van der Waals surface area contributed by atoms with Gasteiger partial charge >= 0.3 is 39.5 Å². The molecule has 19 heteroatoms. The molecule has 0 rings (SSSR count). The van der Waals surface area contributed by atoms with E-state index < -0.39 is 97.5 Å². The summed E-state index contributed by atoms with van der Waals surface area (Å²) in [5.74, 6) is -2.38. The van der Waals surface area contributed by atoms with Crippen LogP contribution < -0.4 is 0 Å². The molecule has 0 heterocycles. The fourth-order valence-electron chi connectivity index (χ4n) is 9.60. The van der Waals surface area contributed by atoms with Crippen molar-refractivity contribution in [3.63, 3.8) is 0 Å². The van der Waals surface area contributed by atoms with E-state index in [1.54, 1.807) is 0 Å². The van der Waals surface area contributed by atoms with Gasteiger partial charge in [0, 0.05) is 25.7 Å². The van der Waals surface area contributed by atoms with E-state index in [2.05, 4.69) is 198 Å². The Morgan fingerprint density at radius 2 is 0.500 bits per heavy atom. The van der Waals surface area contributed by atoms with E-state index in [1.165, 1.54) is 25.7 Å².